The number of thioether (sulfide) groups is 1. The number of imide groups is 1. The van der Waals surface area contributed by atoms with E-state index < -0.39 is 29.4 Å². The Morgan fingerprint density at radius 1 is 0.970 bits per heavy atom. The quantitative estimate of drug-likeness (QED) is 0.496. The third-order valence-corrected chi connectivity index (χ3v) is 5.64. The first-order chi connectivity index (χ1) is 16.0. The molecule has 1 N–H and O–H groups in total. The summed E-state index contributed by atoms with van der Waals surface area (Å²) in [7, 11) is 0. The zero-order valence-corrected chi connectivity index (χ0v) is 18.2. The van der Waals surface area contributed by atoms with E-state index in [0.717, 1.165) is 27.8 Å². The number of rotatable bonds is 7. The number of nitrogens with one attached hydrogen (secondary N) is 1. The summed E-state index contributed by atoms with van der Waals surface area (Å²) in [5.41, 5.74) is 2.15. The van der Waals surface area contributed by atoms with Crippen molar-refractivity contribution in [2.24, 2.45) is 0 Å². The van der Waals surface area contributed by atoms with Gasteiger partial charge in [0.1, 0.15) is 24.7 Å². The molecule has 0 aliphatic carbocycles. The molecule has 1 fully saturated rings. The van der Waals surface area contributed by atoms with Gasteiger partial charge < -0.3 is 10.1 Å². The first-order valence-electron chi connectivity index (χ1n) is 10.1. The van der Waals surface area contributed by atoms with Gasteiger partial charge in [0.2, 0.25) is 5.91 Å². The third-order valence-electron chi connectivity index (χ3n) is 4.73. The minimum atomic E-state index is -0.551. The van der Waals surface area contributed by atoms with E-state index in [1.165, 1.54) is 24.3 Å². The van der Waals surface area contributed by atoms with Gasteiger partial charge >= 0.3 is 0 Å². The lowest BCUT2D eigenvalue weighted by Crippen LogP contribution is -2.36. The fourth-order valence-corrected chi connectivity index (χ4v) is 3.90. The van der Waals surface area contributed by atoms with Crippen LogP contribution in [-0.4, -0.2) is 28.5 Å². The Morgan fingerprint density at radius 3 is 2.36 bits per heavy atom. The van der Waals surface area contributed by atoms with E-state index in [-0.39, 0.29) is 4.91 Å². The molecular weight excluding hydrogens is 443 g/mol. The van der Waals surface area contributed by atoms with Crippen molar-refractivity contribution >= 4 is 40.6 Å². The molecule has 1 aliphatic rings. The summed E-state index contributed by atoms with van der Waals surface area (Å²) in [4.78, 5) is 38.2. The molecule has 0 aromatic heterocycles. The van der Waals surface area contributed by atoms with Crippen LogP contribution >= 0.6 is 11.8 Å². The van der Waals surface area contributed by atoms with E-state index in [9.17, 15) is 18.8 Å². The molecule has 3 aromatic rings. The number of hydrogen-bond acceptors (Lipinski definition) is 5. The highest BCUT2D eigenvalue weighted by Gasteiger charge is 2.36. The van der Waals surface area contributed by atoms with Gasteiger partial charge in [0.25, 0.3) is 11.1 Å². The Bertz CT molecular complexity index is 1200. The molecule has 33 heavy (non-hydrogen) atoms. The van der Waals surface area contributed by atoms with Crippen LogP contribution in [0.3, 0.4) is 0 Å². The first-order valence-corrected chi connectivity index (χ1v) is 10.9. The molecule has 4 rings (SSSR count). The molecular formula is C25H19FN2O4S. The van der Waals surface area contributed by atoms with Gasteiger partial charge in [0, 0.05) is 5.69 Å². The van der Waals surface area contributed by atoms with Crippen LogP contribution in [0, 0.1) is 5.82 Å². The highest BCUT2D eigenvalue weighted by Crippen LogP contribution is 2.32. The van der Waals surface area contributed by atoms with E-state index in [1.54, 1.807) is 30.3 Å². The number of ether oxygens (including phenoxy) is 1. The van der Waals surface area contributed by atoms with Gasteiger partial charge in [0.15, 0.2) is 0 Å². The smallest absolute Gasteiger partial charge is 0.294 e. The molecule has 0 atom stereocenters. The first kappa shape index (κ1) is 22.3. The summed E-state index contributed by atoms with van der Waals surface area (Å²) in [6, 6.07) is 22.1. The highest BCUT2D eigenvalue weighted by atomic mass is 32.2. The molecule has 0 bridgehead atoms. The molecule has 1 aliphatic heterocycles. The fraction of sp³-hybridized carbons (Fsp3) is 0.0800. The van der Waals surface area contributed by atoms with E-state index in [2.05, 4.69) is 5.32 Å². The van der Waals surface area contributed by atoms with Gasteiger partial charge in [-0.15, -0.1) is 0 Å². The van der Waals surface area contributed by atoms with Crippen molar-refractivity contribution in [3.63, 3.8) is 0 Å². The Hall–Kier alpha value is -3.91. The predicted octanol–water partition coefficient (Wildman–Crippen LogP) is 5.08. The van der Waals surface area contributed by atoms with Crippen LogP contribution in [0.1, 0.15) is 11.1 Å². The molecule has 1 heterocycles. The number of nitrogens with zero attached hydrogens (tertiary/aromatic N) is 1. The van der Waals surface area contributed by atoms with Crippen LogP contribution in [0.25, 0.3) is 6.08 Å². The van der Waals surface area contributed by atoms with Crippen LogP contribution in [-0.2, 0) is 16.2 Å². The van der Waals surface area contributed by atoms with Crippen LogP contribution in [0.5, 0.6) is 5.75 Å². The molecule has 166 valence electrons. The third kappa shape index (κ3) is 5.87. The lowest BCUT2D eigenvalue weighted by atomic mass is 10.2. The van der Waals surface area contributed by atoms with Gasteiger partial charge in [-0.1, -0.05) is 42.5 Å². The molecule has 0 radical (unpaired) electrons. The number of benzene rings is 3. The zero-order chi connectivity index (χ0) is 23.2. The Balaban J connectivity index is 1.35. The fourth-order valence-electron chi connectivity index (χ4n) is 3.07. The standard InChI is InChI=1S/C25H19FN2O4S/c26-19-8-10-20(11-9-19)27-23(29)15-28-24(30)22(33-25(28)31)14-17-6-12-21(13-7-17)32-16-18-4-2-1-3-5-18/h1-14H,15-16H2,(H,27,29)/b22-14-. The summed E-state index contributed by atoms with van der Waals surface area (Å²) in [6.45, 7) is 0.0186. The van der Waals surface area contributed by atoms with Gasteiger partial charge in [-0.25, -0.2) is 4.39 Å². The largest absolute Gasteiger partial charge is 0.489 e. The van der Waals surface area contributed by atoms with Crippen LogP contribution in [0.2, 0.25) is 0 Å². The number of hydrogen-bond donors (Lipinski definition) is 1. The molecule has 3 amide bonds. The van der Waals surface area contributed by atoms with Gasteiger partial charge in [0.05, 0.1) is 4.91 Å². The molecule has 6 nitrogen and oxygen atoms in total. The van der Waals surface area contributed by atoms with Crippen molar-refractivity contribution in [1.29, 1.82) is 0 Å². The Morgan fingerprint density at radius 2 is 1.67 bits per heavy atom. The van der Waals surface area contributed by atoms with Crippen molar-refractivity contribution in [1.82, 2.24) is 4.90 Å². The normalized spacial score (nSPS) is 14.6. The Labute approximate surface area is 194 Å². The molecule has 0 spiro atoms. The van der Waals surface area contributed by atoms with Gasteiger partial charge in [-0.05, 0) is 65.4 Å². The number of amides is 3. The molecule has 1 saturated heterocycles. The van der Waals surface area contributed by atoms with Crippen molar-refractivity contribution in [3.8, 4) is 5.75 Å². The second-order valence-corrected chi connectivity index (χ2v) is 8.16. The molecule has 0 unspecified atom stereocenters. The second-order valence-electron chi connectivity index (χ2n) is 7.17. The molecule has 8 heteroatoms. The summed E-state index contributed by atoms with van der Waals surface area (Å²) in [5, 5.41) is 2.01. The van der Waals surface area contributed by atoms with Gasteiger partial charge in [-0.3, -0.25) is 19.3 Å². The second kappa shape index (κ2) is 10.1. The molecule has 0 saturated carbocycles. The minimum absolute atomic E-state index is 0.229. The number of anilines is 1. The van der Waals surface area contributed by atoms with E-state index in [1.807, 2.05) is 30.3 Å². The zero-order valence-electron chi connectivity index (χ0n) is 17.4. The number of halogens is 1. The van der Waals surface area contributed by atoms with E-state index in [0.29, 0.717) is 18.0 Å². The summed E-state index contributed by atoms with van der Waals surface area (Å²) < 4.78 is 18.7. The van der Waals surface area contributed by atoms with Crippen molar-refractivity contribution in [2.75, 3.05) is 11.9 Å². The maximum absolute atomic E-state index is 13.0. The predicted molar refractivity (Wildman–Crippen MR) is 125 cm³/mol. The maximum Gasteiger partial charge on any atom is 0.294 e. The van der Waals surface area contributed by atoms with Crippen LogP contribution in [0.15, 0.2) is 83.8 Å². The van der Waals surface area contributed by atoms with E-state index in [4.69, 9.17) is 4.74 Å². The number of carbonyl (C=O) groups is 3. The van der Waals surface area contributed by atoms with Crippen molar-refractivity contribution < 1.29 is 23.5 Å². The lowest BCUT2D eigenvalue weighted by Gasteiger charge is -2.12. The topological polar surface area (TPSA) is 75.7 Å². The highest BCUT2D eigenvalue weighted by molar-refractivity contribution is 8.18. The average Bonchev–Trinajstić information content (AvgIpc) is 3.08. The monoisotopic (exact) mass is 462 g/mol. The minimum Gasteiger partial charge on any atom is -0.489 e. The van der Waals surface area contributed by atoms with Crippen LogP contribution in [0.4, 0.5) is 14.9 Å². The average molecular weight is 463 g/mol. The summed E-state index contributed by atoms with van der Waals surface area (Å²) in [6.07, 6.45) is 1.60. The Kier molecular flexibility index (Phi) is 6.85. The lowest BCUT2D eigenvalue weighted by molar-refractivity contribution is -0.127. The van der Waals surface area contributed by atoms with Crippen molar-refractivity contribution in [2.45, 2.75) is 6.61 Å². The summed E-state index contributed by atoms with van der Waals surface area (Å²) >= 11 is 0.776. The number of carbonyl (C=O) groups excluding carboxylic acids is 3. The summed E-state index contributed by atoms with van der Waals surface area (Å²) in [5.74, 6) is -0.838. The van der Waals surface area contributed by atoms with Crippen molar-refractivity contribution in [3.05, 3.63) is 101 Å². The van der Waals surface area contributed by atoms with Gasteiger partial charge in [-0.2, -0.15) is 0 Å². The maximum atomic E-state index is 13.0. The SMILES string of the molecule is O=C(CN1C(=O)S/C(=C\c2ccc(OCc3ccccc3)cc2)C1=O)Nc1ccc(F)cc1. The van der Waals surface area contributed by atoms with E-state index >= 15 is 0 Å². The molecule has 3 aromatic carbocycles. The van der Waals surface area contributed by atoms with Crippen LogP contribution < -0.4 is 10.1 Å².